The average Bonchev–Trinajstić information content (AvgIpc) is 2.16. The summed E-state index contributed by atoms with van der Waals surface area (Å²) in [6.07, 6.45) is 0. The zero-order valence-electron chi connectivity index (χ0n) is 9.44. The van der Waals surface area contributed by atoms with E-state index in [9.17, 15) is 0 Å². The van der Waals surface area contributed by atoms with E-state index in [0.717, 1.165) is 31.2 Å². The van der Waals surface area contributed by atoms with Crippen molar-refractivity contribution in [2.24, 2.45) is 0 Å². The fourth-order valence-electron chi connectivity index (χ4n) is 1.50. The molecule has 1 aromatic carbocycles. The van der Waals surface area contributed by atoms with Crippen LogP contribution in [0, 0.1) is 6.92 Å². The molecule has 0 aliphatic carbocycles. The first-order chi connectivity index (χ1) is 7.22. The number of nitrogens with one attached hydrogen (secondary N) is 2. The Labute approximate surface area is 97.0 Å². The summed E-state index contributed by atoms with van der Waals surface area (Å²) in [7, 11) is 0. The number of hydrogen-bond donors (Lipinski definition) is 2. The number of halogens is 1. The fourth-order valence-corrected chi connectivity index (χ4v) is 1.81. The molecule has 0 aliphatic rings. The van der Waals surface area contributed by atoms with Crippen molar-refractivity contribution in [2.75, 3.05) is 19.6 Å². The number of hydrogen-bond acceptors (Lipinski definition) is 2. The predicted octanol–water partition coefficient (Wildman–Crippen LogP) is 2.35. The number of likely N-dealkylation sites (N-methyl/N-ethyl adjacent to an activating group) is 1. The Morgan fingerprint density at radius 2 is 1.87 bits per heavy atom. The fraction of sp³-hybridized carbons (Fsp3) is 0.500. The molecule has 0 spiro atoms. The largest absolute Gasteiger partial charge is 0.316 e. The van der Waals surface area contributed by atoms with E-state index < -0.39 is 0 Å². The van der Waals surface area contributed by atoms with Gasteiger partial charge >= 0.3 is 0 Å². The minimum absolute atomic E-state index is 0.818. The van der Waals surface area contributed by atoms with Crippen molar-refractivity contribution in [1.29, 1.82) is 0 Å². The Morgan fingerprint density at radius 3 is 2.53 bits per heavy atom. The van der Waals surface area contributed by atoms with Crippen LogP contribution in [0.4, 0.5) is 0 Å². The second kappa shape index (κ2) is 6.83. The first kappa shape index (κ1) is 12.5. The van der Waals surface area contributed by atoms with Crippen LogP contribution in [0.1, 0.15) is 18.1 Å². The lowest BCUT2D eigenvalue weighted by Gasteiger charge is -2.06. The second-order valence-electron chi connectivity index (χ2n) is 3.67. The molecule has 1 rings (SSSR count). The molecular weight excluding hydrogens is 208 g/mol. The minimum Gasteiger partial charge on any atom is -0.316 e. The van der Waals surface area contributed by atoms with Gasteiger partial charge in [0.2, 0.25) is 0 Å². The summed E-state index contributed by atoms with van der Waals surface area (Å²) in [4.78, 5) is 0. The topological polar surface area (TPSA) is 24.1 Å². The van der Waals surface area contributed by atoms with E-state index in [2.05, 4.69) is 30.5 Å². The van der Waals surface area contributed by atoms with Crippen LogP contribution >= 0.6 is 11.6 Å². The molecule has 1 aromatic rings. The quantitative estimate of drug-likeness (QED) is 0.728. The van der Waals surface area contributed by atoms with Gasteiger partial charge in [-0.15, -0.1) is 0 Å². The van der Waals surface area contributed by atoms with Crippen molar-refractivity contribution in [1.82, 2.24) is 10.6 Å². The smallest absolute Gasteiger partial charge is 0.0411 e. The molecule has 0 radical (unpaired) electrons. The molecule has 0 bridgehead atoms. The second-order valence-corrected chi connectivity index (χ2v) is 4.10. The van der Waals surface area contributed by atoms with Gasteiger partial charge in [-0.05, 0) is 36.7 Å². The predicted molar refractivity (Wildman–Crippen MR) is 66.4 cm³/mol. The van der Waals surface area contributed by atoms with Gasteiger partial charge in [0, 0.05) is 24.7 Å². The standard InChI is InChI=1S/C12H19ClN2/c1-3-14-4-5-15-9-11-6-10(2)7-12(13)8-11/h6-8,14-15H,3-5,9H2,1-2H3. The average molecular weight is 227 g/mol. The van der Waals surface area contributed by atoms with E-state index in [1.165, 1.54) is 11.1 Å². The Bertz CT molecular complexity index is 279. The van der Waals surface area contributed by atoms with Gasteiger partial charge in [0.05, 0.1) is 0 Å². The lowest BCUT2D eigenvalue weighted by Crippen LogP contribution is -2.26. The van der Waals surface area contributed by atoms with E-state index in [-0.39, 0.29) is 0 Å². The van der Waals surface area contributed by atoms with Crippen molar-refractivity contribution < 1.29 is 0 Å². The van der Waals surface area contributed by atoms with E-state index in [1.54, 1.807) is 0 Å². The molecular formula is C12H19ClN2. The van der Waals surface area contributed by atoms with Crippen LogP contribution in [0.15, 0.2) is 18.2 Å². The molecule has 2 nitrogen and oxygen atoms in total. The van der Waals surface area contributed by atoms with E-state index in [0.29, 0.717) is 0 Å². The Hall–Kier alpha value is -0.570. The maximum Gasteiger partial charge on any atom is 0.0411 e. The van der Waals surface area contributed by atoms with Gasteiger partial charge in [0.1, 0.15) is 0 Å². The summed E-state index contributed by atoms with van der Waals surface area (Å²) in [5.41, 5.74) is 2.46. The molecule has 84 valence electrons. The maximum atomic E-state index is 5.97. The summed E-state index contributed by atoms with van der Waals surface area (Å²) < 4.78 is 0. The normalized spacial score (nSPS) is 10.6. The summed E-state index contributed by atoms with van der Waals surface area (Å²) in [6.45, 7) is 8.08. The van der Waals surface area contributed by atoms with Gasteiger partial charge in [-0.25, -0.2) is 0 Å². The van der Waals surface area contributed by atoms with Gasteiger partial charge in [0.25, 0.3) is 0 Å². The highest BCUT2D eigenvalue weighted by Crippen LogP contribution is 2.14. The van der Waals surface area contributed by atoms with Crippen molar-refractivity contribution in [3.8, 4) is 0 Å². The zero-order valence-corrected chi connectivity index (χ0v) is 10.2. The summed E-state index contributed by atoms with van der Waals surface area (Å²) in [6, 6.07) is 6.14. The first-order valence-corrected chi connectivity index (χ1v) is 5.77. The van der Waals surface area contributed by atoms with Crippen molar-refractivity contribution in [2.45, 2.75) is 20.4 Å². The van der Waals surface area contributed by atoms with E-state index in [4.69, 9.17) is 11.6 Å². The molecule has 0 amide bonds. The van der Waals surface area contributed by atoms with Crippen molar-refractivity contribution in [3.05, 3.63) is 34.3 Å². The monoisotopic (exact) mass is 226 g/mol. The molecule has 0 aromatic heterocycles. The molecule has 0 aliphatic heterocycles. The van der Waals surface area contributed by atoms with Crippen LogP contribution in [0.2, 0.25) is 5.02 Å². The summed E-state index contributed by atoms with van der Waals surface area (Å²) in [5.74, 6) is 0. The third-order valence-corrected chi connectivity index (χ3v) is 2.38. The SMILES string of the molecule is CCNCCNCc1cc(C)cc(Cl)c1. The highest BCUT2D eigenvalue weighted by atomic mass is 35.5. The Kier molecular flexibility index (Phi) is 5.69. The highest BCUT2D eigenvalue weighted by Gasteiger charge is 1.96. The third-order valence-electron chi connectivity index (χ3n) is 2.16. The Balaban J connectivity index is 2.31. The molecule has 0 unspecified atom stereocenters. The lowest BCUT2D eigenvalue weighted by molar-refractivity contribution is 0.625. The minimum atomic E-state index is 0.818. The summed E-state index contributed by atoms with van der Waals surface area (Å²) in [5, 5.41) is 7.46. The molecule has 0 atom stereocenters. The molecule has 0 saturated carbocycles. The van der Waals surface area contributed by atoms with Gasteiger partial charge < -0.3 is 10.6 Å². The van der Waals surface area contributed by atoms with Gasteiger partial charge in [-0.3, -0.25) is 0 Å². The Morgan fingerprint density at radius 1 is 1.13 bits per heavy atom. The molecule has 0 saturated heterocycles. The van der Waals surface area contributed by atoms with Crippen molar-refractivity contribution in [3.63, 3.8) is 0 Å². The van der Waals surface area contributed by atoms with Gasteiger partial charge in [-0.1, -0.05) is 24.6 Å². The van der Waals surface area contributed by atoms with Crippen LogP contribution in [-0.2, 0) is 6.54 Å². The number of rotatable bonds is 6. The first-order valence-electron chi connectivity index (χ1n) is 5.40. The van der Waals surface area contributed by atoms with E-state index in [1.807, 2.05) is 12.1 Å². The molecule has 3 heteroatoms. The molecule has 0 heterocycles. The van der Waals surface area contributed by atoms with Crippen LogP contribution in [-0.4, -0.2) is 19.6 Å². The van der Waals surface area contributed by atoms with Crippen molar-refractivity contribution >= 4 is 11.6 Å². The van der Waals surface area contributed by atoms with E-state index >= 15 is 0 Å². The summed E-state index contributed by atoms with van der Waals surface area (Å²) >= 11 is 5.97. The van der Waals surface area contributed by atoms with Crippen LogP contribution in [0.25, 0.3) is 0 Å². The lowest BCUT2D eigenvalue weighted by atomic mass is 10.1. The highest BCUT2D eigenvalue weighted by molar-refractivity contribution is 6.30. The van der Waals surface area contributed by atoms with Crippen LogP contribution < -0.4 is 10.6 Å². The molecule has 2 N–H and O–H groups in total. The van der Waals surface area contributed by atoms with Crippen LogP contribution in [0.5, 0.6) is 0 Å². The number of benzene rings is 1. The molecule has 0 fully saturated rings. The zero-order chi connectivity index (χ0) is 11.1. The molecule has 15 heavy (non-hydrogen) atoms. The third kappa shape index (κ3) is 5.17. The van der Waals surface area contributed by atoms with Gasteiger partial charge in [0.15, 0.2) is 0 Å². The maximum absolute atomic E-state index is 5.97. The van der Waals surface area contributed by atoms with Crippen LogP contribution in [0.3, 0.4) is 0 Å². The van der Waals surface area contributed by atoms with Gasteiger partial charge in [-0.2, -0.15) is 0 Å². The number of aryl methyl sites for hydroxylation is 1.